The minimum atomic E-state index is 0.0153. The summed E-state index contributed by atoms with van der Waals surface area (Å²) in [5.74, 6) is 0.434. The Morgan fingerprint density at radius 1 is 1.41 bits per heavy atom. The van der Waals surface area contributed by atoms with Crippen molar-refractivity contribution in [1.82, 2.24) is 14.8 Å². The van der Waals surface area contributed by atoms with Gasteiger partial charge in [0.1, 0.15) is 6.33 Å². The van der Waals surface area contributed by atoms with E-state index in [9.17, 15) is 9.59 Å². The Bertz CT molecular complexity index is 713. The second-order valence-electron chi connectivity index (χ2n) is 5.14. The third kappa shape index (κ3) is 3.04. The number of ketones is 1. The van der Waals surface area contributed by atoms with Gasteiger partial charge in [0, 0.05) is 31.3 Å². The van der Waals surface area contributed by atoms with E-state index in [1.54, 1.807) is 27.9 Å². The van der Waals surface area contributed by atoms with Gasteiger partial charge in [-0.2, -0.15) is 0 Å². The van der Waals surface area contributed by atoms with Crippen LogP contribution < -0.4 is 4.90 Å². The zero-order valence-corrected chi connectivity index (χ0v) is 13.0. The van der Waals surface area contributed by atoms with Crippen LogP contribution in [0.4, 0.5) is 5.69 Å². The minimum Gasteiger partial charge on any atom is -0.312 e. The Balaban J connectivity index is 1.70. The van der Waals surface area contributed by atoms with E-state index in [1.165, 1.54) is 11.8 Å². The maximum atomic E-state index is 12.3. The molecule has 2 aromatic rings. The molecule has 2 heterocycles. The number of carbonyl (C=O) groups excluding carboxylic acids is 2. The molecule has 1 aliphatic rings. The smallest absolute Gasteiger partial charge is 0.227 e. The molecule has 0 bridgehead atoms. The monoisotopic (exact) mass is 316 g/mol. The fourth-order valence-electron chi connectivity index (χ4n) is 2.39. The third-order valence-corrected chi connectivity index (χ3v) is 4.59. The molecule has 7 heteroatoms. The maximum Gasteiger partial charge on any atom is 0.227 e. The van der Waals surface area contributed by atoms with Crippen LogP contribution in [-0.2, 0) is 11.8 Å². The Kier molecular flexibility index (Phi) is 4.24. The molecule has 1 aliphatic heterocycles. The van der Waals surface area contributed by atoms with Crippen molar-refractivity contribution in [2.75, 3.05) is 17.2 Å². The Morgan fingerprint density at radius 3 is 2.95 bits per heavy atom. The first-order chi connectivity index (χ1) is 10.6. The van der Waals surface area contributed by atoms with Crippen LogP contribution in [0.25, 0.3) is 0 Å². The number of aryl methyl sites for hydroxylation is 1. The van der Waals surface area contributed by atoms with Crippen LogP contribution in [0.2, 0.25) is 0 Å². The molecule has 3 rings (SSSR count). The Labute approximate surface area is 132 Å². The lowest BCUT2D eigenvalue weighted by Crippen LogP contribution is -2.23. The first-order valence-corrected chi connectivity index (χ1v) is 8.04. The largest absolute Gasteiger partial charge is 0.312 e. The highest BCUT2D eigenvalue weighted by Crippen LogP contribution is 2.23. The summed E-state index contributed by atoms with van der Waals surface area (Å²) in [7, 11) is 1.84. The molecule has 0 spiro atoms. The highest BCUT2D eigenvalue weighted by atomic mass is 32.2. The average molecular weight is 316 g/mol. The second kappa shape index (κ2) is 6.31. The van der Waals surface area contributed by atoms with Crippen molar-refractivity contribution in [2.24, 2.45) is 7.05 Å². The molecule has 22 heavy (non-hydrogen) atoms. The van der Waals surface area contributed by atoms with Gasteiger partial charge in [-0.1, -0.05) is 23.9 Å². The SMILES string of the molecule is Cn1cnnc1SCC(=O)c1cccc(N2CCCC2=O)c1. The number of aromatic nitrogens is 3. The standard InChI is InChI=1S/C15H16N4O2S/c1-18-10-16-17-15(18)22-9-13(20)11-4-2-5-12(8-11)19-7-3-6-14(19)21/h2,4-5,8,10H,3,6-7,9H2,1H3. The van der Waals surface area contributed by atoms with Gasteiger partial charge in [-0.05, 0) is 18.6 Å². The van der Waals surface area contributed by atoms with E-state index in [0.29, 0.717) is 22.9 Å². The zero-order valence-electron chi connectivity index (χ0n) is 12.2. The van der Waals surface area contributed by atoms with Gasteiger partial charge in [0.25, 0.3) is 0 Å². The average Bonchev–Trinajstić information content (AvgIpc) is 3.13. The van der Waals surface area contributed by atoms with Gasteiger partial charge in [-0.3, -0.25) is 9.59 Å². The normalized spacial score (nSPS) is 14.6. The number of Topliss-reactive ketones (excluding diaryl/α,β-unsaturated/α-hetero) is 1. The van der Waals surface area contributed by atoms with Gasteiger partial charge in [0.15, 0.2) is 10.9 Å². The quantitative estimate of drug-likeness (QED) is 0.623. The van der Waals surface area contributed by atoms with Crippen molar-refractivity contribution in [3.05, 3.63) is 36.2 Å². The van der Waals surface area contributed by atoms with Crippen molar-refractivity contribution in [3.63, 3.8) is 0 Å². The zero-order chi connectivity index (χ0) is 15.5. The van der Waals surface area contributed by atoms with Gasteiger partial charge in [-0.25, -0.2) is 0 Å². The van der Waals surface area contributed by atoms with Gasteiger partial charge in [-0.15, -0.1) is 10.2 Å². The van der Waals surface area contributed by atoms with Gasteiger partial charge >= 0.3 is 0 Å². The molecule has 1 aromatic heterocycles. The van der Waals surface area contributed by atoms with E-state index < -0.39 is 0 Å². The van der Waals surface area contributed by atoms with Crippen LogP contribution in [0, 0.1) is 0 Å². The molecule has 0 unspecified atom stereocenters. The number of amides is 1. The van der Waals surface area contributed by atoms with Crippen molar-refractivity contribution < 1.29 is 9.59 Å². The summed E-state index contributed by atoms with van der Waals surface area (Å²) in [6.45, 7) is 0.726. The number of benzene rings is 1. The number of hydrogen-bond acceptors (Lipinski definition) is 5. The number of hydrogen-bond donors (Lipinski definition) is 0. The number of carbonyl (C=O) groups is 2. The van der Waals surface area contributed by atoms with Crippen LogP contribution in [0.5, 0.6) is 0 Å². The highest BCUT2D eigenvalue weighted by Gasteiger charge is 2.22. The second-order valence-corrected chi connectivity index (χ2v) is 6.08. The molecular formula is C15H16N4O2S. The van der Waals surface area contributed by atoms with E-state index in [1.807, 2.05) is 19.2 Å². The molecule has 0 saturated carbocycles. The van der Waals surface area contributed by atoms with E-state index >= 15 is 0 Å². The molecule has 0 aliphatic carbocycles. The number of nitrogens with zero attached hydrogens (tertiary/aromatic N) is 4. The summed E-state index contributed by atoms with van der Waals surface area (Å²) in [5.41, 5.74) is 1.42. The number of thioether (sulfide) groups is 1. The predicted octanol–water partition coefficient (Wildman–Crippen LogP) is 1.92. The summed E-state index contributed by atoms with van der Waals surface area (Å²) in [5, 5.41) is 8.43. The van der Waals surface area contributed by atoms with Gasteiger partial charge in [0.05, 0.1) is 5.75 Å². The van der Waals surface area contributed by atoms with E-state index in [-0.39, 0.29) is 11.7 Å². The van der Waals surface area contributed by atoms with Crippen molar-refractivity contribution >= 4 is 29.1 Å². The van der Waals surface area contributed by atoms with Crippen LogP contribution in [0.15, 0.2) is 35.7 Å². The summed E-state index contributed by atoms with van der Waals surface area (Å²) in [6.07, 6.45) is 3.06. The Morgan fingerprint density at radius 2 is 2.27 bits per heavy atom. The Hall–Kier alpha value is -2.15. The van der Waals surface area contributed by atoms with Gasteiger partial charge < -0.3 is 9.47 Å². The molecule has 6 nitrogen and oxygen atoms in total. The molecule has 1 fully saturated rings. The summed E-state index contributed by atoms with van der Waals surface area (Å²) < 4.78 is 1.78. The lowest BCUT2D eigenvalue weighted by molar-refractivity contribution is -0.117. The van der Waals surface area contributed by atoms with Crippen LogP contribution in [0.3, 0.4) is 0 Å². The van der Waals surface area contributed by atoms with Crippen molar-refractivity contribution in [3.8, 4) is 0 Å². The molecule has 0 atom stereocenters. The summed E-state index contributed by atoms with van der Waals surface area (Å²) in [4.78, 5) is 25.9. The highest BCUT2D eigenvalue weighted by molar-refractivity contribution is 7.99. The van der Waals surface area contributed by atoms with Crippen molar-refractivity contribution in [2.45, 2.75) is 18.0 Å². The summed E-state index contributed by atoms with van der Waals surface area (Å²) in [6, 6.07) is 7.27. The van der Waals surface area contributed by atoms with Gasteiger partial charge in [0.2, 0.25) is 5.91 Å². The predicted molar refractivity (Wildman–Crippen MR) is 84.1 cm³/mol. The number of rotatable bonds is 5. The molecule has 0 radical (unpaired) electrons. The molecule has 0 N–H and O–H groups in total. The summed E-state index contributed by atoms with van der Waals surface area (Å²) >= 11 is 1.35. The fourth-order valence-corrected chi connectivity index (χ4v) is 3.17. The lowest BCUT2D eigenvalue weighted by Gasteiger charge is -2.16. The number of anilines is 1. The first kappa shape index (κ1) is 14.8. The van der Waals surface area contributed by atoms with E-state index in [0.717, 1.165) is 18.7 Å². The minimum absolute atomic E-state index is 0.0153. The molecule has 1 aromatic carbocycles. The van der Waals surface area contributed by atoms with Crippen LogP contribution >= 0.6 is 11.8 Å². The van der Waals surface area contributed by atoms with E-state index in [4.69, 9.17) is 0 Å². The molecule has 1 saturated heterocycles. The first-order valence-electron chi connectivity index (χ1n) is 7.05. The topological polar surface area (TPSA) is 68.1 Å². The van der Waals surface area contributed by atoms with Crippen LogP contribution in [0.1, 0.15) is 23.2 Å². The van der Waals surface area contributed by atoms with E-state index in [2.05, 4.69) is 10.2 Å². The lowest BCUT2D eigenvalue weighted by atomic mass is 10.1. The maximum absolute atomic E-state index is 12.3. The van der Waals surface area contributed by atoms with Crippen molar-refractivity contribution in [1.29, 1.82) is 0 Å². The van der Waals surface area contributed by atoms with Crippen LogP contribution in [-0.4, -0.2) is 38.8 Å². The molecule has 114 valence electrons. The third-order valence-electron chi connectivity index (χ3n) is 3.56. The molecule has 1 amide bonds. The fraction of sp³-hybridized carbons (Fsp3) is 0.333. The molecular weight excluding hydrogens is 300 g/mol.